The van der Waals surface area contributed by atoms with Crippen molar-refractivity contribution in [3.8, 4) is 17.0 Å². The number of nitrogens with one attached hydrogen (secondary N) is 2. The van der Waals surface area contributed by atoms with Gasteiger partial charge in [0.15, 0.2) is 0 Å². The van der Waals surface area contributed by atoms with Crippen molar-refractivity contribution in [2.24, 2.45) is 11.8 Å². The fourth-order valence-corrected chi connectivity index (χ4v) is 4.50. The number of amides is 1. The van der Waals surface area contributed by atoms with Crippen molar-refractivity contribution >= 4 is 23.2 Å². The van der Waals surface area contributed by atoms with Crippen molar-refractivity contribution in [1.82, 2.24) is 15.3 Å². The first-order chi connectivity index (χ1) is 18.5. The van der Waals surface area contributed by atoms with Crippen LogP contribution >= 0.6 is 0 Å². The van der Waals surface area contributed by atoms with Crippen molar-refractivity contribution in [3.05, 3.63) is 69.9 Å². The topological polar surface area (TPSA) is 129 Å². The van der Waals surface area contributed by atoms with Gasteiger partial charge in [0, 0.05) is 42.2 Å². The molecule has 0 saturated heterocycles. The molecule has 1 aliphatic carbocycles. The summed E-state index contributed by atoms with van der Waals surface area (Å²) in [7, 11) is 0. The third kappa shape index (κ3) is 6.08. The minimum Gasteiger partial charge on any atom is -0.493 e. The van der Waals surface area contributed by atoms with Crippen LogP contribution in [0.15, 0.2) is 48.7 Å². The zero-order chi connectivity index (χ0) is 26.5. The van der Waals surface area contributed by atoms with Gasteiger partial charge in [-0.05, 0) is 67.5 Å². The maximum atomic E-state index is 12.7. The van der Waals surface area contributed by atoms with Gasteiger partial charge in [0.2, 0.25) is 5.95 Å². The summed E-state index contributed by atoms with van der Waals surface area (Å²) < 4.78 is 12.2. The van der Waals surface area contributed by atoms with E-state index >= 15 is 0 Å². The number of benzene rings is 2. The lowest BCUT2D eigenvalue weighted by molar-refractivity contribution is -0.384. The van der Waals surface area contributed by atoms with Crippen molar-refractivity contribution in [3.63, 3.8) is 0 Å². The molecule has 10 heteroatoms. The predicted molar refractivity (Wildman–Crippen MR) is 142 cm³/mol. The number of aromatic nitrogens is 2. The van der Waals surface area contributed by atoms with Crippen LogP contribution in [-0.4, -0.2) is 40.6 Å². The molecule has 1 aromatic heterocycles. The molecule has 38 heavy (non-hydrogen) atoms. The van der Waals surface area contributed by atoms with Crippen molar-refractivity contribution in [1.29, 1.82) is 0 Å². The van der Waals surface area contributed by atoms with Crippen LogP contribution in [0, 0.1) is 22.0 Å². The minimum atomic E-state index is -0.502. The number of hydrogen-bond donors (Lipinski definition) is 2. The van der Waals surface area contributed by atoms with Gasteiger partial charge in [-0.15, -0.1) is 0 Å². The van der Waals surface area contributed by atoms with E-state index in [1.807, 2.05) is 18.2 Å². The van der Waals surface area contributed by atoms with Crippen LogP contribution in [0.4, 0.5) is 17.3 Å². The molecule has 3 heterocycles. The standard InChI is InChI=1S/C28H31N5O5/c1-18-9-11-29-27(34)20-5-7-23(25(14-20)33(35)36)24-10-12-30-28(32-24)31-22-6-8-26(21(13-22)17-37-15-18)38-16-19-3-2-4-19/h5-8,10,12-14,18-19H,2-4,9,11,15-17H2,1H3,(H,29,34)(H,30,31,32). The van der Waals surface area contributed by atoms with Crippen molar-refractivity contribution in [2.75, 3.05) is 25.1 Å². The summed E-state index contributed by atoms with van der Waals surface area (Å²) in [5.74, 6) is 1.52. The number of hydrogen-bond acceptors (Lipinski definition) is 8. The minimum absolute atomic E-state index is 0.197. The van der Waals surface area contributed by atoms with E-state index in [2.05, 4.69) is 27.5 Å². The maximum Gasteiger partial charge on any atom is 0.279 e. The third-order valence-corrected chi connectivity index (χ3v) is 6.99. The van der Waals surface area contributed by atoms with Crippen molar-refractivity contribution < 1.29 is 19.2 Å². The number of nitro benzene ring substituents is 1. The first-order valence-electron chi connectivity index (χ1n) is 13.0. The van der Waals surface area contributed by atoms with Gasteiger partial charge in [0.1, 0.15) is 5.75 Å². The Morgan fingerprint density at radius 1 is 1.16 bits per heavy atom. The highest BCUT2D eigenvalue weighted by Crippen LogP contribution is 2.32. The lowest BCUT2D eigenvalue weighted by atomic mass is 9.86. The van der Waals surface area contributed by atoms with Crippen LogP contribution in [-0.2, 0) is 11.3 Å². The fourth-order valence-electron chi connectivity index (χ4n) is 4.50. The lowest BCUT2D eigenvalue weighted by Gasteiger charge is -2.26. The molecule has 1 unspecified atom stereocenters. The van der Waals surface area contributed by atoms with Crippen LogP contribution in [0.25, 0.3) is 11.3 Å². The third-order valence-electron chi connectivity index (χ3n) is 6.99. The second-order valence-corrected chi connectivity index (χ2v) is 9.97. The predicted octanol–water partition coefficient (Wildman–Crippen LogP) is 5.26. The summed E-state index contributed by atoms with van der Waals surface area (Å²) >= 11 is 0. The SMILES string of the molecule is CC1CCNC(=O)c2ccc(c([N+](=O)[O-])c2)-c2ccnc(n2)Nc2ccc(OCC3CCC3)c(c2)COC1. The number of anilines is 2. The highest BCUT2D eigenvalue weighted by atomic mass is 16.6. The largest absolute Gasteiger partial charge is 0.493 e. The van der Waals surface area contributed by atoms with Crippen LogP contribution in [0.1, 0.15) is 48.5 Å². The van der Waals surface area contributed by atoms with Gasteiger partial charge in [-0.2, -0.15) is 0 Å². The van der Waals surface area contributed by atoms with Gasteiger partial charge in [-0.1, -0.05) is 13.3 Å². The molecule has 6 bridgehead atoms. The zero-order valence-corrected chi connectivity index (χ0v) is 21.3. The van der Waals surface area contributed by atoms with E-state index in [1.165, 1.54) is 25.3 Å². The average molecular weight is 518 g/mol. The van der Waals surface area contributed by atoms with Crippen LogP contribution in [0.5, 0.6) is 5.75 Å². The Morgan fingerprint density at radius 3 is 2.82 bits per heavy atom. The monoisotopic (exact) mass is 517 g/mol. The van der Waals surface area contributed by atoms with Crippen molar-refractivity contribution in [2.45, 2.75) is 39.2 Å². The first kappa shape index (κ1) is 25.6. The van der Waals surface area contributed by atoms with Gasteiger partial charge in [0.25, 0.3) is 11.6 Å². The molecule has 0 spiro atoms. The molecule has 1 atom stereocenters. The van der Waals surface area contributed by atoms with Crippen LogP contribution < -0.4 is 15.4 Å². The van der Waals surface area contributed by atoms with E-state index in [1.54, 1.807) is 24.4 Å². The lowest BCUT2D eigenvalue weighted by Crippen LogP contribution is -2.26. The Balaban J connectivity index is 1.48. The molecule has 2 aromatic carbocycles. The van der Waals surface area contributed by atoms with Gasteiger partial charge in [-0.3, -0.25) is 14.9 Å². The maximum absolute atomic E-state index is 12.7. The summed E-state index contributed by atoms with van der Waals surface area (Å²) in [6.07, 6.45) is 5.92. The molecule has 1 fully saturated rings. The number of fused-ring (bicyclic) bond motifs is 9. The molecule has 10 nitrogen and oxygen atoms in total. The number of ether oxygens (including phenoxy) is 2. The summed E-state index contributed by atoms with van der Waals surface area (Å²) in [6, 6.07) is 11.8. The highest BCUT2D eigenvalue weighted by molar-refractivity contribution is 5.96. The molecule has 3 aliphatic rings. The molecule has 1 amide bonds. The fraction of sp³-hybridized carbons (Fsp3) is 0.393. The Kier molecular flexibility index (Phi) is 7.78. The Hall–Kier alpha value is -4.05. The molecule has 1 saturated carbocycles. The summed E-state index contributed by atoms with van der Waals surface area (Å²) in [6.45, 7) is 4.08. The van der Waals surface area contributed by atoms with Gasteiger partial charge < -0.3 is 20.1 Å². The molecule has 6 rings (SSSR count). The number of carbonyl (C=O) groups excluding carboxylic acids is 1. The average Bonchev–Trinajstić information content (AvgIpc) is 2.88. The zero-order valence-electron chi connectivity index (χ0n) is 21.3. The van der Waals surface area contributed by atoms with E-state index in [0.717, 1.165) is 17.0 Å². The Labute approximate surface area is 220 Å². The Morgan fingerprint density at radius 2 is 2.03 bits per heavy atom. The summed E-state index contributed by atoms with van der Waals surface area (Å²) in [4.78, 5) is 32.9. The number of nitrogens with zero attached hydrogens (tertiary/aromatic N) is 3. The smallest absolute Gasteiger partial charge is 0.279 e. The molecular weight excluding hydrogens is 486 g/mol. The van der Waals surface area contributed by atoms with Gasteiger partial charge >= 0.3 is 0 Å². The van der Waals surface area contributed by atoms with E-state index in [0.29, 0.717) is 55.9 Å². The molecular formula is C28H31N5O5. The van der Waals surface area contributed by atoms with E-state index in [4.69, 9.17) is 9.47 Å². The number of carbonyl (C=O) groups is 1. The molecule has 2 aliphatic heterocycles. The molecule has 0 radical (unpaired) electrons. The summed E-state index contributed by atoms with van der Waals surface area (Å²) in [5, 5.41) is 17.9. The second-order valence-electron chi connectivity index (χ2n) is 9.97. The summed E-state index contributed by atoms with van der Waals surface area (Å²) in [5.41, 5.74) is 2.36. The second kappa shape index (κ2) is 11.6. The molecule has 2 N–H and O–H groups in total. The van der Waals surface area contributed by atoms with Gasteiger partial charge in [0.05, 0.1) is 29.4 Å². The van der Waals surface area contributed by atoms with Crippen LogP contribution in [0.3, 0.4) is 0 Å². The van der Waals surface area contributed by atoms with Gasteiger partial charge in [-0.25, -0.2) is 9.97 Å². The van der Waals surface area contributed by atoms with Crippen LogP contribution in [0.2, 0.25) is 0 Å². The number of nitro groups is 1. The van der Waals surface area contributed by atoms with E-state index in [9.17, 15) is 14.9 Å². The first-order valence-corrected chi connectivity index (χ1v) is 13.0. The molecule has 3 aromatic rings. The quantitative estimate of drug-likeness (QED) is 0.354. The number of rotatable bonds is 4. The molecule has 198 valence electrons. The highest BCUT2D eigenvalue weighted by Gasteiger charge is 2.21. The normalized spacial score (nSPS) is 18.2. The van der Waals surface area contributed by atoms with E-state index < -0.39 is 4.92 Å². The van der Waals surface area contributed by atoms with E-state index in [-0.39, 0.29) is 23.1 Å². The Bertz CT molecular complexity index is 1330.